The lowest BCUT2D eigenvalue weighted by molar-refractivity contribution is -0.167. The average molecular weight is 797 g/mol. The molecule has 0 fully saturated rings. The molecule has 1 unspecified atom stereocenters. The first-order valence-electron chi connectivity index (χ1n) is 23.8. The van der Waals surface area contributed by atoms with Crippen LogP contribution in [0.3, 0.4) is 0 Å². The summed E-state index contributed by atoms with van der Waals surface area (Å²) in [5.74, 6) is -0.904. The van der Waals surface area contributed by atoms with Crippen molar-refractivity contribution in [1.29, 1.82) is 0 Å². The molecule has 0 aliphatic rings. The molecule has 0 aromatic carbocycles. The third kappa shape index (κ3) is 44.1. The topological polar surface area (TPSA) is 78.9 Å². The summed E-state index contributed by atoms with van der Waals surface area (Å²) in [5, 5.41) is 0. The number of carbonyl (C=O) groups is 3. The van der Waals surface area contributed by atoms with Gasteiger partial charge in [-0.2, -0.15) is 0 Å². The van der Waals surface area contributed by atoms with E-state index in [-0.39, 0.29) is 31.1 Å². The zero-order valence-electron chi connectivity index (χ0n) is 37.3. The van der Waals surface area contributed by atoms with Gasteiger partial charge in [0.1, 0.15) is 13.2 Å². The summed E-state index contributed by atoms with van der Waals surface area (Å²) in [6.45, 7) is 6.46. The van der Waals surface area contributed by atoms with Crippen LogP contribution in [-0.2, 0) is 28.6 Å². The highest BCUT2D eigenvalue weighted by molar-refractivity contribution is 5.71. The molecular formula is C51H88O6. The quantitative estimate of drug-likeness (QED) is 0.0265. The van der Waals surface area contributed by atoms with Crippen LogP contribution in [0.1, 0.15) is 226 Å². The Hall–Kier alpha value is -2.89. The van der Waals surface area contributed by atoms with Crippen molar-refractivity contribution in [3.05, 3.63) is 60.8 Å². The lowest BCUT2D eigenvalue weighted by atomic mass is 10.1. The van der Waals surface area contributed by atoms with E-state index in [4.69, 9.17) is 14.2 Å². The smallest absolute Gasteiger partial charge is 0.306 e. The van der Waals surface area contributed by atoms with Gasteiger partial charge in [-0.25, -0.2) is 0 Å². The molecule has 1 atom stereocenters. The molecule has 0 N–H and O–H groups in total. The standard InChI is InChI=1S/C51H88O6/c1-4-7-10-13-16-19-21-22-23-24-25-26-27-28-29-30-31-33-35-38-41-44-50(53)56-47-48(46-55-49(52)43-40-37-34-18-15-12-9-6-3)57-51(54)45-42-39-36-32-20-17-14-11-8-5-2/h7,10,16,19,22-23,25-26,28-29,48H,4-6,8-9,11-15,17-18,20-21,24,27,30-47H2,1-3H3/b10-7-,19-16-,23-22-,26-25-,29-28-. The Balaban J connectivity index is 4.28. The molecule has 57 heavy (non-hydrogen) atoms. The fraction of sp³-hybridized carbons (Fsp3) is 0.745. The minimum atomic E-state index is -0.775. The van der Waals surface area contributed by atoms with Crippen molar-refractivity contribution < 1.29 is 28.6 Å². The van der Waals surface area contributed by atoms with Crippen molar-refractivity contribution in [3.63, 3.8) is 0 Å². The second-order valence-electron chi connectivity index (χ2n) is 15.6. The van der Waals surface area contributed by atoms with Gasteiger partial charge in [0.05, 0.1) is 0 Å². The van der Waals surface area contributed by atoms with Crippen LogP contribution in [-0.4, -0.2) is 37.2 Å². The predicted octanol–water partition coefficient (Wildman–Crippen LogP) is 15.3. The predicted molar refractivity (Wildman–Crippen MR) is 242 cm³/mol. The van der Waals surface area contributed by atoms with Crippen molar-refractivity contribution in [1.82, 2.24) is 0 Å². The van der Waals surface area contributed by atoms with Gasteiger partial charge in [-0.05, 0) is 64.2 Å². The molecule has 0 aliphatic heterocycles. The van der Waals surface area contributed by atoms with Gasteiger partial charge in [0.15, 0.2) is 6.10 Å². The fourth-order valence-electron chi connectivity index (χ4n) is 6.47. The van der Waals surface area contributed by atoms with Crippen LogP contribution in [0.5, 0.6) is 0 Å². The molecule has 0 aliphatic carbocycles. The zero-order chi connectivity index (χ0) is 41.5. The average Bonchev–Trinajstić information content (AvgIpc) is 3.21. The molecule has 0 bridgehead atoms. The van der Waals surface area contributed by atoms with Crippen LogP contribution >= 0.6 is 0 Å². The van der Waals surface area contributed by atoms with Crippen molar-refractivity contribution in [2.24, 2.45) is 0 Å². The summed E-state index contributed by atoms with van der Waals surface area (Å²) in [4.78, 5) is 37.7. The third-order valence-electron chi connectivity index (χ3n) is 10.0. The molecule has 328 valence electrons. The molecule has 0 saturated carbocycles. The van der Waals surface area contributed by atoms with Gasteiger partial charge in [-0.3, -0.25) is 14.4 Å². The van der Waals surface area contributed by atoms with E-state index in [2.05, 4.69) is 81.5 Å². The van der Waals surface area contributed by atoms with Crippen LogP contribution < -0.4 is 0 Å². The fourth-order valence-corrected chi connectivity index (χ4v) is 6.47. The van der Waals surface area contributed by atoms with Gasteiger partial charge in [0.2, 0.25) is 0 Å². The minimum Gasteiger partial charge on any atom is -0.462 e. The van der Waals surface area contributed by atoms with E-state index in [1.54, 1.807) is 0 Å². The van der Waals surface area contributed by atoms with E-state index in [1.165, 1.54) is 77.0 Å². The monoisotopic (exact) mass is 797 g/mol. The highest BCUT2D eigenvalue weighted by atomic mass is 16.6. The lowest BCUT2D eigenvalue weighted by Crippen LogP contribution is -2.30. The first-order chi connectivity index (χ1) is 28.0. The van der Waals surface area contributed by atoms with Crippen LogP contribution in [0.2, 0.25) is 0 Å². The highest BCUT2D eigenvalue weighted by Crippen LogP contribution is 2.14. The number of hydrogen-bond donors (Lipinski definition) is 0. The van der Waals surface area contributed by atoms with E-state index < -0.39 is 6.10 Å². The Morgan fingerprint density at radius 1 is 0.368 bits per heavy atom. The molecular weight excluding hydrogens is 709 g/mol. The SMILES string of the molecule is CC/C=C\C/C=C\C/C=C\C/C=C\C/C=C\CCCCCCCC(=O)OCC(COC(=O)CCCCCCCCCC)OC(=O)CCCCCCCCCCCC. The van der Waals surface area contributed by atoms with Crippen LogP contribution in [0, 0.1) is 0 Å². The third-order valence-corrected chi connectivity index (χ3v) is 10.0. The second-order valence-corrected chi connectivity index (χ2v) is 15.6. The maximum absolute atomic E-state index is 12.7. The molecule has 0 radical (unpaired) electrons. The van der Waals surface area contributed by atoms with Crippen molar-refractivity contribution in [2.45, 2.75) is 232 Å². The summed E-state index contributed by atoms with van der Waals surface area (Å²) in [7, 11) is 0. The summed E-state index contributed by atoms with van der Waals surface area (Å²) >= 11 is 0. The number of esters is 3. The largest absolute Gasteiger partial charge is 0.462 e. The first kappa shape index (κ1) is 54.1. The van der Waals surface area contributed by atoms with Gasteiger partial charge in [-0.1, -0.05) is 204 Å². The summed E-state index contributed by atoms with van der Waals surface area (Å²) < 4.78 is 16.7. The Bertz CT molecular complexity index is 1050. The van der Waals surface area contributed by atoms with E-state index in [0.29, 0.717) is 19.3 Å². The number of unbranched alkanes of at least 4 members (excludes halogenated alkanes) is 21. The number of rotatable bonds is 42. The van der Waals surface area contributed by atoms with E-state index in [9.17, 15) is 14.4 Å². The molecule has 0 aromatic rings. The molecule has 6 heteroatoms. The van der Waals surface area contributed by atoms with Gasteiger partial charge >= 0.3 is 17.9 Å². The summed E-state index contributed by atoms with van der Waals surface area (Å²) in [5.41, 5.74) is 0. The molecule has 6 nitrogen and oxygen atoms in total. The minimum absolute atomic E-state index is 0.0786. The normalized spacial score (nSPS) is 12.5. The summed E-state index contributed by atoms with van der Waals surface area (Å²) in [6, 6.07) is 0. The van der Waals surface area contributed by atoms with Crippen molar-refractivity contribution in [2.75, 3.05) is 13.2 Å². The Labute approximate surface area is 351 Å². The molecule has 0 saturated heterocycles. The van der Waals surface area contributed by atoms with E-state index in [0.717, 1.165) is 109 Å². The molecule has 0 amide bonds. The van der Waals surface area contributed by atoms with E-state index in [1.807, 2.05) is 0 Å². The van der Waals surface area contributed by atoms with Crippen LogP contribution in [0.4, 0.5) is 0 Å². The van der Waals surface area contributed by atoms with Crippen molar-refractivity contribution >= 4 is 17.9 Å². The maximum atomic E-state index is 12.7. The van der Waals surface area contributed by atoms with Crippen molar-refractivity contribution in [3.8, 4) is 0 Å². The first-order valence-corrected chi connectivity index (χ1v) is 23.8. The lowest BCUT2D eigenvalue weighted by Gasteiger charge is -2.18. The number of allylic oxidation sites excluding steroid dienone is 10. The van der Waals surface area contributed by atoms with E-state index >= 15 is 0 Å². The molecule has 0 spiro atoms. The molecule has 0 heterocycles. The molecule has 0 aromatic heterocycles. The molecule has 0 rings (SSSR count). The Morgan fingerprint density at radius 2 is 0.684 bits per heavy atom. The van der Waals surface area contributed by atoms with Gasteiger partial charge in [0, 0.05) is 19.3 Å². The number of ether oxygens (including phenoxy) is 3. The van der Waals surface area contributed by atoms with Crippen LogP contribution in [0.15, 0.2) is 60.8 Å². The van der Waals surface area contributed by atoms with Crippen LogP contribution in [0.25, 0.3) is 0 Å². The van der Waals surface area contributed by atoms with Gasteiger partial charge in [0.25, 0.3) is 0 Å². The number of hydrogen-bond acceptors (Lipinski definition) is 6. The summed E-state index contributed by atoms with van der Waals surface area (Å²) in [6.07, 6.45) is 55.0. The van der Waals surface area contributed by atoms with Gasteiger partial charge < -0.3 is 14.2 Å². The van der Waals surface area contributed by atoms with Gasteiger partial charge in [-0.15, -0.1) is 0 Å². The number of carbonyl (C=O) groups excluding carboxylic acids is 3. The second kappa shape index (κ2) is 45.8. The maximum Gasteiger partial charge on any atom is 0.306 e. The zero-order valence-corrected chi connectivity index (χ0v) is 37.3. The Morgan fingerprint density at radius 3 is 1.07 bits per heavy atom. The highest BCUT2D eigenvalue weighted by Gasteiger charge is 2.19. The Kier molecular flexibility index (Phi) is 43.5.